The van der Waals surface area contributed by atoms with Crippen molar-refractivity contribution >= 4 is 32.7 Å². The van der Waals surface area contributed by atoms with Crippen molar-refractivity contribution < 1.29 is 17.9 Å². The van der Waals surface area contributed by atoms with Crippen LogP contribution in [0.5, 0.6) is 0 Å². The Bertz CT molecular complexity index is 846. The molecule has 5 nitrogen and oxygen atoms in total. The third-order valence-electron chi connectivity index (χ3n) is 3.70. The molecule has 1 atom stereocenters. The Labute approximate surface area is 148 Å². The van der Waals surface area contributed by atoms with Crippen molar-refractivity contribution in [2.75, 3.05) is 6.54 Å². The first-order valence-electron chi connectivity index (χ1n) is 7.33. The molecule has 8 heteroatoms. The summed E-state index contributed by atoms with van der Waals surface area (Å²) in [6.45, 7) is 1.80. The van der Waals surface area contributed by atoms with Crippen LogP contribution in [0.4, 0.5) is 0 Å². The van der Waals surface area contributed by atoms with Gasteiger partial charge in [0.25, 0.3) is 0 Å². The van der Waals surface area contributed by atoms with Gasteiger partial charge >= 0.3 is 0 Å². The zero-order valence-corrected chi connectivity index (χ0v) is 15.4. The van der Waals surface area contributed by atoms with E-state index in [-0.39, 0.29) is 10.8 Å². The molecule has 1 unspecified atom stereocenters. The average Bonchev–Trinajstić information content (AvgIpc) is 3.34. The Hall–Kier alpha value is -1.45. The van der Waals surface area contributed by atoms with Gasteiger partial charge in [-0.05, 0) is 36.1 Å². The van der Waals surface area contributed by atoms with Crippen LogP contribution in [0.2, 0.25) is 0 Å². The number of hydrogen-bond donors (Lipinski definition) is 2. The van der Waals surface area contributed by atoms with E-state index >= 15 is 0 Å². The van der Waals surface area contributed by atoms with E-state index in [1.54, 1.807) is 24.3 Å². The molecule has 3 heterocycles. The van der Waals surface area contributed by atoms with Gasteiger partial charge in [-0.1, -0.05) is 13.0 Å². The van der Waals surface area contributed by atoms with Gasteiger partial charge in [-0.15, -0.1) is 22.7 Å². The maximum Gasteiger partial charge on any atom is 0.250 e. The second-order valence-electron chi connectivity index (χ2n) is 5.25. The minimum atomic E-state index is -3.68. The third-order valence-corrected chi connectivity index (χ3v) is 7.84. The summed E-state index contributed by atoms with van der Waals surface area (Å²) in [7, 11) is -3.68. The highest BCUT2D eigenvalue weighted by Gasteiger charge is 2.35. The smallest absolute Gasteiger partial charge is 0.250 e. The molecular formula is C16H17NO4S3. The molecule has 24 heavy (non-hydrogen) atoms. The fraction of sp³-hybridized carbons (Fsp3) is 0.250. The molecule has 0 aliphatic carbocycles. The van der Waals surface area contributed by atoms with Gasteiger partial charge in [0.05, 0.1) is 12.5 Å². The summed E-state index contributed by atoms with van der Waals surface area (Å²) < 4.78 is 32.9. The lowest BCUT2D eigenvalue weighted by molar-refractivity contribution is 0.0892. The Kier molecular flexibility index (Phi) is 4.93. The predicted octanol–water partition coefficient (Wildman–Crippen LogP) is 3.18. The van der Waals surface area contributed by atoms with Gasteiger partial charge < -0.3 is 9.52 Å². The van der Waals surface area contributed by atoms with E-state index in [0.29, 0.717) is 10.4 Å². The highest BCUT2D eigenvalue weighted by atomic mass is 32.2. The van der Waals surface area contributed by atoms with E-state index < -0.39 is 15.6 Å². The summed E-state index contributed by atoms with van der Waals surface area (Å²) in [6, 6.07) is 8.61. The van der Waals surface area contributed by atoms with Crippen molar-refractivity contribution in [2.45, 2.75) is 23.2 Å². The van der Waals surface area contributed by atoms with Crippen LogP contribution in [-0.4, -0.2) is 20.1 Å². The van der Waals surface area contributed by atoms with Crippen molar-refractivity contribution in [1.82, 2.24) is 4.72 Å². The summed E-state index contributed by atoms with van der Waals surface area (Å²) in [6.07, 6.45) is 3.66. The van der Waals surface area contributed by atoms with Crippen LogP contribution < -0.4 is 4.72 Å². The van der Waals surface area contributed by atoms with Gasteiger partial charge in [-0.3, -0.25) is 0 Å². The van der Waals surface area contributed by atoms with Crippen LogP contribution in [0.1, 0.15) is 22.2 Å². The Morgan fingerprint density at radius 2 is 2.12 bits per heavy atom. The summed E-state index contributed by atoms with van der Waals surface area (Å²) in [4.78, 5) is 1.64. The molecule has 3 rings (SSSR count). The van der Waals surface area contributed by atoms with E-state index in [4.69, 9.17) is 4.42 Å². The molecule has 0 amide bonds. The van der Waals surface area contributed by atoms with Crippen LogP contribution in [0.3, 0.4) is 0 Å². The molecule has 0 saturated heterocycles. The number of furan rings is 1. The monoisotopic (exact) mass is 383 g/mol. The molecule has 0 aliphatic rings. The largest absolute Gasteiger partial charge is 0.472 e. The number of sulfonamides is 1. The Balaban J connectivity index is 1.87. The minimum absolute atomic E-state index is 0.172. The zero-order valence-electron chi connectivity index (χ0n) is 12.9. The first-order chi connectivity index (χ1) is 11.5. The molecule has 3 aromatic heterocycles. The first kappa shape index (κ1) is 17.4. The lowest BCUT2D eigenvalue weighted by Gasteiger charge is -2.26. The SMILES string of the molecule is CCc1ccc(S(=O)(=O)NCC(O)(c2ccoc2)c2cccs2)s1. The Morgan fingerprint density at radius 1 is 1.29 bits per heavy atom. The lowest BCUT2D eigenvalue weighted by Crippen LogP contribution is -2.40. The second kappa shape index (κ2) is 6.81. The van der Waals surface area contributed by atoms with Crippen molar-refractivity contribution in [3.05, 3.63) is 63.6 Å². The number of aryl methyl sites for hydroxylation is 1. The second-order valence-corrected chi connectivity index (χ2v) is 9.36. The quantitative estimate of drug-likeness (QED) is 0.657. The van der Waals surface area contributed by atoms with E-state index in [0.717, 1.165) is 11.3 Å². The first-order valence-corrected chi connectivity index (χ1v) is 10.5. The standard InChI is InChI=1S/C16H17NO4S3/c1-2-13-5-6-15(23-13)24(19,20)17-11-16(18,12-7-8-21-10-12)14-4-3-9-22-14/h3-10,17-18H,2,11H2,1H3. The summed E-state index contributed by atoms with van der Waals surface area (Å²) in [5, 5.41) is 13.0. The molecule has 128 valence electrons. The number of thiophene rings is 2. The topological polar surface area (TPSA) is 79.5 Å². The molecule has 0 radical (unpaired) electrons. The highest BCUT2D eigenvalue weighted by molar-refractivity contribution is 7.91. The van der Waals surface area contributed by atoms with Crippen molar-refractivity contribution in [3.8, 4) is 0 Å². The summed E-state index contributed by atoms with van der Waals surface area (Å²) in [5.41, 5.74) is -0.966. The molecule has 0 aliphatic heterocycles. The fourth-order valence-electron chi connectivity index (χ4n) is 2.31. The zero-order chi connectivity index (χ0) is 17.2. The summed E-state index contributed by atoms with van der Waals surface area (Å²) in [5.74, 6) is 0. The third kappa shape index (κ3) is 3.33. The van der Waals surface area contributed by atoms with E-state index in [2.05, 4.69) is 4.72 Å². The predicted molar refractivity (Wildman–Crippen MR) is 94.9 cm³/mol. The van der Waals surface area contributed by atoms with Crippen LogP contribution in [0, 0.1) is 0 Å². The van der Waals surface area contributed by atoms with Crippen LogP contribution in [0.15, 0.2) is 56.9 Å². The van der Waals surface area contributed by atoms with Crippen LogP contribution in [-0.2, 0) is 22.0 Å². The Morgan fingerprint density at radius 3 is 2.71 bits per heavy atom. The molecular weight excluding hydrogens is 366 g/mol. The van der Waals surface area contributed by atoms with Gasteiger partial charge in [0.1, 0.15) is 9.81 Å². The minimum Gasteiger partial charge on any atom is -0.472 e. The fourth-order valence-corrected chi connectivity index (χ4v) is 5.55. The van der Waals surface area contributed by atoms with Crippen LogP contribution >= 0.6 is 22.7 Å². The molecule has 0 fully saturated rings. The number of hydrogen-bond acceptors (Lipinski definition) is 6. The van der Waals surface area contributed by atoms with E-state index in [1.807, 2.05) is 18.4 Å². The molecule has 0 bridgehead atoms. The molecule has 0 aromatic carbocycles. The normalized spacial score (nSPS) is 14.6. The molecule has 0 spiro atoms. The van der Waals surface area contributed by atoms with Crippen molar-refractivity contribution in [1.29, 1.82) is 0 Å². The number of rotatable bonds is 7. The molecule has 0 saturated carbocycles. The van der Waals surface area contributed by atoms with E-state index in [9.17, 15) is 13.5 Å². The van der Waals surface area contributed by atoms with E-state index in [1.165, 1.54) is 35.2 Å². The maximum atomic E-state index is 12.5. The van der Waals surface area contributed by atoms with Crippen LogP contribution in [0.25, 0.3) is 0 Å². The maximum absolute atomic E-state index is 12.5. The average molecular weight is 384 g/mol. The van der Waals surface area contributed by atoms with Crippen molar-refractivity contribution in [2.24, 2.45) is 0 Å². The van der Waals surface area contributed by atoms with Gasteiger partial charge in [0.2, 0.25) is 10.0 Å². The lowest BCUT2D eigenvalue weighted by atomic mass is 9.95. The summed E-state index contributed by atoms with van der Waals surface area (Å²) >= 11 is 2.60. The van der Waals surface area contributed by atoms with Gasteiger partial charge in [-0.25, -0.2) is 13.1 Å². The van der Waals surface area contributed by atoms with Gasteiger partial charge in [0.15, 0.2) is 0 Å². The number of nitrogens with one attached hydrogen (secondary N) is 1. The molecule has 3 aromatic rings. The number of aliphatic hydroxyl groups is 1. The highest BCUT2D eigenvalue weighted by Crippen LogP contribution is 2.33. The van der Waals surface area contributed by atoms with Gasteiger partial charge in [0, 0.05) is 21.9 Å². The van der Waals surface area contributed by atoms with Crippen molar-refractivity contribution in [3.63, 3.8) is 0 Å². The molecule has 2 N–H and O–H groups in total. The van der Waals surface area contributed by atoms with Gasteiger partial charge in [-0.2, -0.15) is 0 Å².